The second-order valence-corrected chi connectivity index (χ2v) is 3.97. The molecule has 6 nitrogen and oxygen atoms in total. The molecule has 1 amide bonds. The molecule has 0 aromatic heterocycles. The van der Waals surface area contributed by atoms with E-state index in [1.165, 1.54) is 0 Å². The Morgan fingerprint density at radius 1 is 1.43 bits per heavy atom. The Bertz CT molecular complexity index is 480. The number of primary amides is 1. The normalized spacial score (nSPS) is 11.2. The third kappa shape index (κ3) is 2.01. The Kier molecular flexibility index (Phi) is 2.45. The predicted octanol–water partition coefficient (Wildman–Crippen LogP) is -0.0534. The maximum Gasteiger partial charge on any atom is 0.294 e. The third-order valence-corrected chi connectivity index (χ3v) is 2.40. The number of carbonyl (C=O) groups is 1. The smallest absolute Gasteiger partial charge is 0.294 e. The highest BCUT2D eigenvalue weighted by molar-refractivity contribution is 7.85. The van der Waals surface area contributed by atoms with Crippen LogP contribution in [0.3, 0.4) is 0 Å². The minimum Gasteiger partial charge on any atom is -0.366 e. The van der Waals surface area contributed by atoms with Gasteiger partial charge in [-0.3, -0.25) is 9.35 Å². The summed E-state index contributed by atoms with van der Waals surface area (Å²) in [5, 5.41) is 0. The molecule has 0 saturated heterocycles. The van der Waals surface area contributed by atoms with Crippen molar-refractivity contribution in [1.82, 2.24) is 5.73 Å². The summed E-state index contributed by atoms with van der Waals surface area (Å²) in [6.07, 6.45) is 0. The topological polar surface area (TPSA) is 121 Å². The SMILES string of the molecule is [NH]c1ccc(S(=O)(=O)O)cc1C(N)=O. The molecule has 4 N–H and O–H groups in total. The van der Waals surface area contributed by atoms with Gasteiger partial charge in [0.25, 0.3) is 16.0 Å². The highest BCUT2D eigenvalue weighted by atomic mass is 32.2. The van der Waals surface area contributed by atoms with Gasteiger partial charge in [-0.25, -0.2) is 0 Å². The molecule has 0 fully saturated rings. The van der Waals surface area contributed by atoms with Gasteiger partial charge in [-0.1, -0.05) is 0 Å². The summed E-state index contributed by atoms with van der Waals surface area (Å²) in [6.45, 7) is 0. The van der Waals surface area contributed by atoms with Gasteiger partial charge >= 0.3 is 0 Å². The van der Waals surface area contributed by atoms with Crippen molar-refractivity contribution in [1.29, 1.82) is 0 Å². The first-order valence-electron chi connectivity index (χ1n) is 3.45. The minimum atomic E-state index is -4.37. The fraction of sp³-hybridized carbons (Fsp3) is 0. The molecule has 0 aliphatic rings. The Hall–Kier alpha value is -1.60. The van der Waals surface area contributed by atoms with Crippen molar-refractivity contribution in [2.75, 3.05) is 0 Å². The van der Waals surface area contributed by atoms with E-state index < -0.39 is 20.9 Å². The summed E-state index contributed by atoms with van der Waals surface area (Å²) in [5.41, 5.74) is 11.7. The lowest BCUT2D eigenvalue weighted by Crippen LogP contribution is -2.12. The Balaban J connectivity index is 3.42. The lowest BCUT2D eigenvalue weighted by Gasteiger charge is -2.02. The van der Waals surface area contributed by atoms with Crippen molar-refractivity contribution in [3.63, 3.8) is 0 Å². The summed E-state index contributed by atoms with van der Waals surface area (Å²) in [7, 11) is -4.37. The van der Waals surface area contributed by atoms with Crippen LogP contribution in [0.25, 0.3) is 0 Å². The Morgan fingerprint density at radius 2 is 2.00 bits per heavy atom. The van der Waals surface area contributed by atoms with Crippen LogP contribution in [0.4, 0.5) is 5.69 Å². The maximum absolute atomic E-state index is 10.7. The largest absolute Gasteiger partial charge is 0.366 e. The first kappa shape index (κ1) is 10.5. The van der Waals surface area contributed by atoms with Crippen LogP contribution >= 0.6 is 0 Å². The summed E-state index contributed by atoms with van der Waals surface area (Å²) in [5.74, 6) is -0.916. The number of nitrogens with two attached hydrogens (primary N) is 1. The van der Waals surface area contributed by atoms with E-state index in [0.717, 1.165) is 18.2 Å². The minimum absolute atomic E-state index is 0.190. The van der Waals surface area contributed by atoms with Crippen LogP contribution in [0.2, 0.25) is 0 Å². The second-order valence-electron chi connectivity index (χ2n) is 2.55. The molecule has 7 heteroatoms. The zero-order valence-electron chi connectivity index (χ0n) is 6.89. The first-order valence-corrected chi connectivity index (χ1v) is 4.89. The third-order valence-electron chi connectivity index (χ3n) is 1.55. The molecule has 0 aliphatic carbocycles. The van der Waals surface area contributed by atoms with Gasteiger partial charge < -0.3 is 11.5 Å². The van der Waals surface area contributed by atoms with Crippen LogP contribution in [-0.2, 0) is 10.1 Å². The second kappa shape index (κ2) is 3.28. The molecule has 0 aliphatic heterocycles. The van der Waals surface area contributed by atoms with Gasteiger partial charge in [0, 0.05) is 0 Å². The Morgan fingerprint density at radius 3 is 2.43 bits per heavy atom. The predicted molar refractivity (Wildman–Crippen MR) is 47.5 cm³/mol. The molecule has 0 unspecified atom stereocenters. The van der Waals surface area contributed by atoms with Gasteiger partial charge in [0.05, 0.1) is 16.1 Å². The van der Waals surface area contributed by atoms with E-state index in [9.17, 15) is 13.2 Å². The zero-order valence-corrected chi connectivity index (χ0v) is 7.71. The molecule has 0 atom stereocenters. The standard InChI is InChI=1S/C7H7N2O4S/c8-6-2-1-4(14(11,12)13)3-5(6)7(9)10/h1-3,8H,(H2,9,10)(H,11,12,13). The lowest BCUT2D eigenvalue weighted by atomic mass is 10.2. The van der Waals surface area contributed by atoms with E-state index >= 15 is 0 Å². The number of benzene rings is 1. The number of nitrogens with one attached hydrogen (secondary N) is 1. The Labute approximate surface area is 80.3 Å². The van der Waals surface area contributed by atoms with Gasteiger partial charge in [-0.15, -0.1) is 0 Å². The quantitative estimate of drug-likeness (QED) is 0.671. The number of carbonyl (C=O) groups excluding carboxylic acids is 1. The average Bonchev–Trinajstić information content (AvgIpc) is 2.02. The fourth-order valence-electron chi connectivity index (χ4n) is 0.888. The highest BCUT2D eigenvalue weighted by Crippen LogP contribution is 2.18. The van der Waals surface area contributed by atoms with Crippen LogP contribution < -0.4 is 11.5 Å². The van der Waals surface area contributed by atoms with Gasteiger partial charge in [0.1, 0.15) is 0 Å². The number of rotatable bonds is 2. The molecule has 0 heterocycles. The van der Waals surface area contributed by atoms with Crippen molar-refractivity contribution in [2.45, 2.75) is 4.90 Å². The molecule has 14 heavy (non-hydrogen) atoms. The van der Waals surface area contributed by atoms with E-state index in [4.69, 9.17) is 16.0 Å². The molecule has 1 rings (SSSR count). The lowest BCUT2D eigenvalue weighted by molar-refractivity contribution is 0.100. The number of amides is 1. The van der Waals surface area contributed by atoms with E-state index in [1.807, 2.05) is 0 Å². The van der Waals surface area contributed by atoms with Crippen LogP contribution in [0.5, 0.6) is 0 Å². The molecular formula is C7H7N2O4S. The van der Waals surface area contributed by atoms with Crippen LogP contribution in [0, 0.1) is 0 Å². The molecule has 0 saturated carbocycles. The summed E-state index contributed by atoms with van der Waals surface area (Å²) >= 11 is 0. The van der Waals surface area contributed by atoms with Gasteiger partial charge in [-0.05, 0) is 18.2 Å². The number of hydrogen-bond donors (Lipinski definition) is 2. The van der Waals surface area contributed by atoms with Crippen LogP contribution in [0.15, 0.2) is 23.1 Å². The molecule has 1 aromatic rings. The van der Waals surface area contributed by atoms with E-state index in [1.54, 1.807) is 0 Å². The van der Waals surface area contributed by atoms with Crippen molar-refractivity contribution in [2.24, 2.45) is 5.73 Å². The molecule has 0 spiro atoms. The zero-order chi connectivity index (χ0) is 10.9. The molecule has 0 bridgehead atoms. The maximum atomic E-state index is 10.7. The summed E-state index contributed by atoms with van der Waals surface area (Å²) < 4.78 is 30.0. The van der Waals surface area contributed by atoms with Crippen molar-refractivity contribution in [3.05, 3.63) is 23.8 Å². The highest BCUT2D eigenvalue weighted by Gasteiger charge is 2.14. The molecule has 1 radical (unpaired) electrons. The summed E-state index contributed by atoms with van der Waals surface area (Å²) in [4.78, 5) is 10.3. The van der Waals surface area contributed by atoms with E-state index in [0.29, 0.717) is 0 Å². The molecular weight excluding hydrogens is 208 g/mol. The monoisotopic (exact) mass is 215 g/mol. The van der Waals surface area contributed by atoms with Crippen molar-refractivity contribution >= 4 is 21.7 Å². The number of hydrogen-bond acceptors (Lipinski definition) is 3. The van der Waals surface area contributed by atoms with E-state index in [-0.39, 0.29) is 11.3 Å². The van der Waals surface area contributed by atoms with Crippen LogP contribution in [-0.4, -0.2) is 18.9 Å². The molecule has 1 aromatic carbocycles. The van der Waals surface area contributed by atoms with Crippen LogP contribution in [0.1, 0.15) is 10.4 Å². The average molecular weight is 215 g/mol. The first-order chi connectivity index (χ1) is 6.32. The van der Waals surface area contributed by atoms with Crippen molar-refractivity contribution < 1.29 is 17.8 Å². The van der Waals surface area contributed by atoms with Gasteiger partial charge in [-0.2, -0.15) is 8.42 Å². The van der Waals surface area contributed by atoms with E-state index in [2.05, 4.69) is 0 Å². The van der Waals surface area contributed by atoms with Gasteiger partial charge in [0.15, 0.2) is 0 Å². The molecule has 75 valence electrons. The van der Waals surface area contributed by atoms with Crippen molar-refractivity contribution in [3.8, 4) is 0 Å². The summed E-state index contributed by atoms with van der Waals surface area (Å²) in [6, 6.07) is 2.95. The van der Waals surface area contributed by atoms with Gasteiger partial charge in [0.2, 0.25) is 0 Å². The fourth-order valence-corrected chi connectivity index (χ4v) is 1.39.